The van der Waals surface area contributed by atoms with Gasteiger partial charge in [0.25, 0.3) is 0 Å². The number of methoxy groups -OCH3 is 3. The van der Waals surface area contributed by atoms with E-state index in [0.717, 1.165) is 182 Å². The molecule has 98 heavy (non-hydrogen) atoms. The van der Waals surface area contributed by atoms with Gasteiger partial charge >= 0.3 is 5.69 Å². The number of ether oxygens (including phenoxy) is 3. The van der Waals surface area contributed by atoms with Crippen molar-refractivity contribution < 1.29 is 52.9 Å². The van der Waals surface area contributed by atoms with Crippen LogP contribution in [0.3, 0.4) is 0 Å². The highest BCUT2D eigenvalue weighted by Crippen LogP contribution is 2.25. The number of aryl methyl sites for hydroxylation is 2. The fourth-order valence-electron chi connectivity index (χ4n) is 10.7. The topological polar surface area (TPSA) is 249 Å². The van der Waals surface area contributed by atoms with E-state index in [1.165, 1.54) is 28.1 Å². The maximum Gasteiger partial charge on any atom is 0.326 e. The van der Waals surface area contributed by atoms with Gasteiger partial charge in [0.1, 0.15) is 29.3 Å². The number of phenolic OH excluding ortho intramolecular Hbond substituents is 1. The molecule has 0 unspecified atom stereocenters. The Morgan fingerprint density at radius 2 is 1.01 bits per heavy atom. The zero-order chi connectivity index (χ0) is 70.5. The van der Waals surface area contributed by atoms with E-state index in [4.69, 9.17) is 19.3 Å². The number of nitrogens with zero attached hydrogens (tertiary/aromatic N) is 7. The van der Waals surface area contributed by atoms with Crippen LogP contribution in [0, 0.1) is 6.92 Å². The summed E-state index contributed by atoms with van der Waals surface area (Å²) >= 11 is 0. The Kier molecular flexibility index (Phi) is 36.1. The first-order valence-corrected chi connectivity index (χ1v) is 32.8. The van der Waals surface area contributed by atoms with Gasteiger partial charge in [-0.05, 0) is 152 Å². The lowest BCUT2D eigenvalue weighted by Gasteiger charge is -2.34. The average Bonchev–Trinajstić information content (AvgIpc) is 1.63. The first-order chi connectivity index (χ1) is 47.8. The van der Waals surface area contributed by atoms with Gasteiger partial charge in [-0.25, -0.2) is 4.79 Å². The molecule has 0 spiro atoms. The number of likely N-dealkylation sites (tertiary alicyclic amines) is 1. The van der Waals surface area contributed by atoms with Crippen molar-refractivity contribution in [2.45, 2.75) is 57.9 Å². The van der Waals surface area contributed by atoms with Crippen molar-refractivity contribution in [3.05, 3.63) is 214 Å². The Bertz CT molecular complexity index is 3640. The molecule has 0 atom stereocenters. The van der Waals surface area contributed by atoms with Crippen LogP contribution < -0.4 is 40.3 Å². The van der Waals surface area contributed by atoms with Crippen molar-refractivity contribution in [3.8, 4) is 23.0 Å². The van der Waals surface area contributed by atoms with Gasteiger partial charge in [0.2, 0.25) is 38.5 Å². The molecule has 0 saturated carbocycles. The number of fused-ring (bicyclic) bond motifs is 1. The molecular weight excluding hydrogens is 1240 g/mol. The number of rotatable bonds is 24. The number of benzene rings is 7. The van der Waals surface area contributed by atoms with E-state index < -0.39 is 0 Å². The van der Waals surface area contributed by atoms with Gasteiger partial charge < -0.3 is 69.1 Å². The molecule has 22 nitrogen and oxygen atoms in total. The molecule has 11 rings (SSSR count). The molecule has 0 radical (unpaired) electrons. The summed E-state index contributed by atoms with van der Waals surface area (Å²) in [4.78, 5) is 98.7. The molecule has 0 bridgehead atoms. The number of para-hydroxylation sites is 4. The summed E-state index contributed by atoms with van der Waals surface area (Å²) in [7, 11) is 6.70. The number of likely N-dealkylation sites (N-methyl/N-ethyl adjacent to an activating group) is 1. The number of H-pyrrole nitrogens is 1. The standard InChI is InChI=1S/C13H15N3O2.C12H16N2O.C11H14N2O.C11H15NO2.C10H13NO2.C10H12O2.C9H11NO2/c17-9-15-7-5-10(6-8-15)16-12-4-2-1-3-11(12)14-13(16)18;1-11-4-2-3-5-12(11)14-8-6-13(10-15)7-9-14;14-10-12-6-8-13(9-7-12)11-4-2-1-3-5-11;1-12(9-13)7-6-10-4-3-5-11(8-10)14-2;1-13-10-4-2-9(3-5-10)6-7-11-8-12;1-12-10-6-2-4-9(8-10)5-3-7-11;11-7-10-5-4-8-2-1-3-9(12)6-8/h1-4,9-10H,5-8H2,(H,14,18);2-5,10H,6-9H2,1H3;1-5,10H,6-9H2;3-5,8-9H,6-7H2,1-2H3;2-5,8H,6-7H2,1H3,(H,11,12);2,4,6-8H,3,5H2,1H3;1-3,6-7,12H,4-5H2,(H,10,11). The highest BCUT2D eigenvalue weighted by molar-refractivity contribution is 5.75. The van der Waals surface area contributed by atoms with Crippen LogP contribution in [0.1, 0.15) is 53.1 Å². The van der Waals surface area contributed by atoms with Gasteiger partial charge in [-0.1, -0.05) is 97.1 Å². The summed E-state index contributed by atoms with van der Waals surface area (Å²) in [5, 5.41) is 14.2. The van der Waals surface area contributed by atoms with Crippen LogP contribution in [0.4, 0.5) is 11.4 Å². The number of piperazine rings is 2. The van der Waals surface area contributed by atoms with Crippen LogP contribution in [0.15, 0.2) is 181 Å². The number of hydrogen-bond donors (Lipinski definition) is 4. The van der Waals surface area contributed by atoms with Crippen LogP contribution in [0.25, 0.3) is 11.0 Å². The van der Waals surface area contributed by atoms with Gasteiger partial charge in [0, 0.05) is 116 Å². The Morgan fingerprint density at radius 1 is 0.510 bits per heavy atom. The van der Waals surface area contributed by atoms with Crippen molar-refractivity contribution in [2.75, 3.05) is 123 Å². The van der Waals surface area contributed by atoms with E-state index in [1.54, 1.807) is 56.4 Å². The third-order valence-electron chi connectivity index (χ3n) is 16.2. The van der Waals surface area contributed by atoms with Crippen molar-refractivity contribution in [3.63, 3.8) is 0 Å². The number of aromatic hydroxyl groups is 1. The summed E-state index contributed by atoms with van der Waals surface area (Å²) in [6.07, 6.45) is 11.4. The predicted octanol–water partition coefficient (Wildman–Crippen LogP) is 8.18. The maximum atomic E-state index is 12.0. The fourth-order valence-corrected chi connectivity index (χ4v) is 10.7. The lowest BCUT2D eigenvalue weighted by Crippen LogP contribution is -2.45. The van der Waals surface area contributed by atoms with E-state index in [9.17, 15) is 38.4 Å². The number of carbonyl (C=O) groups excluding carboxylic acids is 7. The summed E-state index contributed by atoms with van der Waals surface area (Å²) in [6.45, 7) is 12.6. The summed E-state index contributed by atoms with van der Waals surface area (Å²) in [5.41, 5.74) is 10.1. The number of aromatic nitrogens is 2. The molecule has 22 heteroatoms. The Balaban J connectivity index is 0.000000207. The maximum absolute atomic E-state index is 12.0. The summed E-state index contributed by atoms with van der Waals surface area (Å²) < 4.78 is 17.0. The van der Waals surface area contributed by atoms with Crippen LogP contribution in [-0.4, -0.2) is 192 Å². The van der Waals surface area contributed by atoms with Crippen molar-refractivity contribution >= 4 is 67.2 Å². The molecule has 1 aromatic heterocycles. The Morgan fingerprint density at radius 3 is 1.54 bits per heavy atom. The second kappa shape index (κ2) is 45.5. The number of nitrogens with one attached hydrogen (secondary N) is 3. The van der Waals surface area contributed by atoms with Crippen LogP contribution in [0.5, 0.6) is 23.0 Å². The number of piperidine rings is 1. The highest BCUT2D eigenvalue weighted by Gasteiger charge is 2.23. The van der Waals surface area contributed by atoms with Crippen molar-refractivity contribution in [1.82, 2.24) is 39.8 Å². The smallest absolute Gasteiger partial charge is 0.326 e. The van der Waals surface area contributed by atoms with E-state index in [1.807, 2.05) is 136 Å². The van der Waals surface area contributed by atoms with Crippen LogP contribution >= 0.6 is 0 Å². The minimum Gasteiger partial charge on any atom is -0.508 e. The summed E-state index contributed by atoms with van der Waals surface area (Å²) in [5.74, 6) is 2.82. The molecule has 7 aromatic carbocycles. The molecule has 3 saturated heterocycles. The molecule has 4 N–H and O–H groups in total. The van der Waals surface area contributed by atoms with Gasteiger partial charge in [-0.15, -0.1) is 0 Å². The minimum atomic E-state index is -0.0549. The SMILES string of the molecule is COc1ccc(CCNC=O)cc1.COc1cccc(CCC=O)c1.COc1cccc(CCN(C)C=O)c1.Cc1ccccc1N1CCN(C=O)CC1.O=CN1CCC(n2c(=O)[nH]c3ccccc32)CC1.O=CN1CCN(c2ccccc2)CC1.O=CNCCc1cccc(O)c1. The molecule has 0 aliphatic carbocycles. The predicted molar refractivity (Wildman–Crippen MR) is 385 cm³/mol. The minimum absolute atomic E-state index is 0.0549. The largest absolute Gasteiger partial charge is 0.508 e. The number of anilines is 2. The second-order valence-corrected chi connectivity index (χ2v) is 23.0. The monoisotopic (exact) mass is 1340 g/mol. The number of carbonyl (C=O) groups is 7. The van der Waals surface area contributed by atoms with Gasteiger partial charge in [-0.3, -0.25) is 33.3 Å². The lowest BCUT2D eigenvalue weighted by atomic mass is 10.1. The molecule has 8 aromatic rings. The van der Waals surface area contributed by atoms with Crippen LogP contribution in [0.2, 0.25) is 0 Å². The third-order valence-corrected chi connectivity index (χ3v) is 16.2. The first-order valence-electron chi connectivity index (χ1n) is 32.8. The molecule has 3 aliphatic rings. The summed E-state index contributed by atoms with van der Waals surface area (Å²) in [6, 6.07) is 57.1. The number of amides is 6. The number of aromatic amines is 1. The average molecular weight is 1340 g/mol. The Labute approximate surface area is 575 Å². The van der Waals surface area contributed by atoms with Gasteiger partial charge in [-0.2, -0.15) is 0 Å². The lowest BCUT2D eigenvalue weighted by molar-refractivity contribution is -0.119. The van der Waals surface area contributed by atoms with E-state index >= 15 is 0 Å². The molecule has 6 amide bonds. The van der Waals surface area contributed by atoms with Crippen molar-refractivity contribution in [1.29, 1.82) is 0 Å². The molecule has 3 fully saturated rings. The van der Waals surface area contributed by atoms with Crippen molar-refractivity contribution in [2.24, 2.45) is 0 Å². The molecule has 4 heterocycles. The van der Waals surface area contributed by atoms with Gasteiger partial charge in [0.15, 0.2) is 0 Å². The second-order valence-electron chi connectivity index (χ2n) is 23.0. The zero-order valence-electron chi connectivity index (χ0n) is 57.1. The highest BCUT2D eigenvalue weighted by atomic mass is 16.5. The first kappa shape index (κ1) is 77.8. The molecule has 3 aliphatic heterocycles. The molecule has 522 valence electrons. The molecular formula is C76H96N10O12. The number of imidazole rings is 1. The quantitative estimate of drug-likeness (QED) is 0.0329. The number of aldehydes is 1. The van der Waals surface area contributed by atoms with E-state index in [0.29, 0.717) is 32.3 Å². The number of hydrogen-bond acceptors (Lipinski definition) is 14. The van der Waals surface area contributed by atoms with E-state index in [2.05, 4.69) is 68.7 Å². The van der Waals surface area contributed by atoms with Gasteiger partial charge in [0.05, 0.1) is 32.4 Å². The fraction of sp³-hybridized carbons (Fsp3) is 0.342. The Hall–Kier alpha value is -10.9. The van der Waals surface area contributed by atoms with E-state index in [-0.39, 0.29) is 17.5 Å². The van der Waals surface area contributed by atoms with Crippen LogP contribution in [-0.2, 0) is 59.2 Å². The number of phenols is 1. The zero-order valence-corrected chi connectivity index (χ0v) is 57.1. The third kappa shape index (κ3) is 28.2. The normalized spacial score (nSPS) is 13.0.